The summed E-state index contributed by atoms with van der Waals surface area (Å²) in [5.41, 5.74) is 2.53. The summed E-state index contributed by atoms with van der Waals surface area (Å²) in [7, 11) is 0. The van der Waals surface area contributed by atoms with Gasteiger partial charge in [-0.3, -0.25) is 0 Å². The molecule has 0 aliphatic carbocycles. The van der Waals surface area contributed by atoms with Gasteiger partial charge in [0.1, 0.15) is 6.67 Å². The van der Waals surface area contributed by atoms with Crippen LogP contribution in [0.4, 0.5) is 11.4 Å². The van der Waals surface area contributed by atoms with Crippen LogP contribution in [-0.2, 0) is 0 Å². The van der Waals surface area contributed by atoms with Gasteiger partial charge in [0.2, 0.25) is 0 Å². The Kier molecular flexibility index (Phi) is 1.84. The molecule has 2 heterocycles. The molecule has 14 heavy (non-hydrogen) atoms. The molecule has 2 N–H and O–H groups in total. The number of benzene rings is 1. The third-order valence-corrected chi connectivity index (χ3v) is 2.97. The minimum absolute atomic E-state index is 0.617. The summed E-state index contributed by atoms with van der Waals surface area (Å²) >= 11 is 0. The predicted molar refractivity (Wildman–Crippen MR) is 58.1 cm³/mol. The highest BCUT2D eigenvalue weighted by molar-refractivity contribution is 5.77. The lowest BCUT2D eigenvalue weighted by Gasteiger charge is -2.24. The van der Waals surface area contributed by atoms with E-state index in [1.165, 1.54) is 17.8 Å². The van der Waals surface area contributed by atoms with Crippen LogP contribution in [0.5, 0.6) is 0 Å². The molecule has 1 aromatic rings. The van der Waals surface area contributed by atoms with E-state index >= 15 is 0 Å². The Hall–Kier alpha value is -1.22. The van der Waals surface area contributed by atoms with Crippen LogP contribution in [0.15, 0.2) is 24.3 Å². The Balaban J connectivity index is 1.89. The topological polar surface area (TPSA) is 27.3 Å². The molecule has 1 aromatic carbocycles. The number of hydrogen-bond acceptors (Lipinski definition) is 3. The third-order valence-electron chi connectivity index (χ3n) is 2.97. The molecule has 0 amide bonds. The first kappa shape index (κ1) is 8.12. The first-order valence-electron chi connectivity index (χ1n) is 5.13. The van der Waals surface area contributed by atoms with Crippen LogP contribution in [0.3, 0.4) is 0 Å². The molecule has 1 radical (unpaired) electrons. The number of rotatable bonds is 1. The Labute approximate surface area is 84.1 Å². The van der Waals surface area contributed by atoms with Crippen molar-refractivity contribution in [2.24, 2.45) is 0 Å². The minimum atomic E-state index is 0.617. The second kappa shape index (κ2) is 3.17. The highest BCUT2D eigenvalue weighted by Crippen LogP contribution is 2.34. The van der Waals surface area contributed by atoms with Crippen molar-refractivity contribution in [2.45, 2.75) is 12.5 Å². The summed E-state index contributed by atoms with van der Waals surface area (Å²) in [6.07, 6.45) is 1.23. The van der Waals surface area contributed by atoms with Gasteiger partial charge in [-0.25, -0.2) is 0 Å². The smallest absolute Gasteiger partial charge is 0.139 e. The Bertz CT molecular complexity index is 331. The standard InChI is InChI=1S/C11H14N3/c1-2-4-11-10(3-1)13-8-14(11)9-5-6-12-7-9/h1-4,8-9,12-13H,5-7H2. The molecule has 0 spiro atoms. The Morgan fingerprint density at radius 2 is 2.21 bits per heavy atom. The van der Waals surface area contributed by atoms with Crippen molar-refractivity contribution < 1.29 is 0 Å². The van der Waals surface area contributed by atoms with Crippen LogP contribution in [0, 0.1) is 6.67 Å². The normalized spacial score (nSPS) is 24.9. The van der Waals surface area contributed by atoms with E-state index in [1.54, 1.807) is 0 Å². The summed E-state index contributed by atoms with van der Waals surface area (Å²) in [6.45, 7) is 4.31. The van der Waals surface area contributed by atoms with Gasteiger partial charge in [-0.05, 0) is 25.1 Å². The molecular formula is C11H14N3. The van der Waals surface area contributed by atoms with E-state index in [4.69, 9.17) is 0 Å². The number of para-hydroxylation sites is 2. The van der Waals surface area contributed by atoms with E-state index in [-0.39, 0.29) is 0 Å². The molecule has 1 unspecified atom stereocenters. The average Bonchev–Trinajstić information content (AvgIpc) is 2.85. The molecule has 3 rings (SSSR count). The van der Waals surface area contributed by atoms with Crippen molar-refractivity contribution in [3.05, 3.63) is 30.9 Å². The molecule has 73 valence electrons. The largest absolute Gasteiger partial charge is 0.360 e. The Morgan fingerprint density at radius 1 is 1.29 bits per heavy atom. The van der Waals surface area contributed by atoms with Crippen LogP contribution in [0.2, 0.25) is 0 Å². The molecule has 0 saturated carbocycles. The van der Waals surface area contributed by atoms with E-state index < -0.39 is 0 Å². The summed E-state index contributed by atoms with van der Waals surface area (Å²) < 4.78 is 0. The third kappa shape index (κ3) is 1.16. The molecule has 1 saturated heterocycles. The van der Waals surface area contributed by atoms with Gasteiger partial charge >= 0.3 is 0 Å². The number of hydrogen-bond donors (Lipinski definition) is 2. The summed E-state index contributed by atoms with van der Waals surface area (Å²) in [4.78, 5) is 2.34. The maximum Gasteiger partial charge on any atom is 0.139 e. The quantitative estimate of drug-likeness (QED) is 0.697. The fourth-order valence-electron chi connectivity index (χ4n) is 2.21. The number of anilines is 2. The van der Waals surface area contributed by atoms with Crippen LogP contribution in [0.25, 0.3) is 0 Å². The molecule has 0 aromatic heterocycles. The van der Waals surface area contributed by atoms with Crippen molar-refractivity contribution in [3.63, 3.8) is 0 Å². The molecule has 3 nitrogen and oxygen atoms in total. The maximum absolute atomic E-state index is 3.39. The predicted octanol–water partition coefficient (Wildman–Crippen LogP) is 1.40. The van der Waals surface area contributed by atoms with Gasteiger partial charge in [0.15, 0.2) is 0 Å². The Morgan fingerprint density at radius 3 is 3.07 bits per heavy atom. The first-order valence-corrected chi connectivity index (χ1v) is 5.13. The fourth-order valence-corrected chi connectivity index (χ4v) is 2.21. The van der Waals surface area contributed by atoms with Crippen molar-refractivity contribution in [3.8, 4) is 0 Å². The second-order valence-electron chi connectivity index (χ2n) is 3.84. The second-order valence-corrected chi connectivity index (χ2v) is 3.84. The van der Waals surface area contributed by atoms with Gasteiger partial charge < -0.3 is 15.5 Å². The number of nitrogens with one attached hydrogen (secondary N) is 2. The zero-order chi connectivity index (χ0) is 9.38. The van der Waals surface area contributed by atoms with E-state index in [0.29, 0.717) is 6.04 Å². The van der Waals surface area contributed by atoms with Gasteiger partial charge in [0, 0.05) is 12.6 Å². The molecule has 1 atom stereocenters. The molecule has 3 heteroatoms. The zero-order valence-corrected chi connectivity index (χ0v) is 8.03. The van der Waals surface area contributed by atoms with Crippen molar-refractivity contribution in [2.75, 3.05) is 23.3 Å². The van der Waals surface area contributed by atoms with E-state index in [0.717, 1.165) is 13.1 Å². The molecule has 0 bridgehead atoms. The molecule has 1 fully saturated rings. The van der Waals surface area contributed by atoms with Gasteiger partial charge in [-0.1, -0.05) is 12.1 Å². The van der Waals surface area contributed by atoms with Crippen molar-refractivity contribution >= 4 is 11.4 Å². The summed E-state index contributed by atoms with van der Waals surface area (Å²) in [6, 6.07) is 9.06. The zero-order valence-electron chi connectivity index (χ0n) is 8.03. The van der Waals surface area contributed by atoms with Crippen LogP contribution < -0.4 is 15.5 Å². The monoisotopic (exact) mass is 188 g/mol. The van der Waals surface area contributed by atoms with Gasteiger partial charge in [-0.15, -0.1) is 0 Å². The van der Waals surface area contributed by atoms with Crippen molar-refractivity contribution in [1.82, 2.24) is 5.32 Å². The van der Waals surface area contributed by atoms with Gasteiger partial charge in [-0.2, -0.15) is 0 Å². The first-order chi connectivity index (χ1) is 6.95. The molecule has 2 aliphatic heterocycles. The van der Waals surface area contributed by atoms with E-state index in [9.17, 15) is 0 Å². The maximum atomic E-state index is 3.39. The fraction of sp³-hybridized carbons (Fsp3) is 0.364. The van der Waals surface area contributed by atoms with Crippen molar-refractivity contribution in [1.29, 1.82) is 0 Å². The lowest BCUT2D eigenvalue weighted by molar-refractivity contribution is 0.695. The minimum Gasteiger partial charge on any atom is -0.360 e. The van der Waals surface area contributed by atoms with Gasteiger partial charge in [0.25, 0.3) is 0 Å². The highest BCUT2D eigenvalue weighted by atomic mass is 15.3. The lowest BCUT2D eigenvalue weighted by Crippen LogP contribution is -2.33. The van der Waals surface area contributed by atoms with Gasteiger partial charge in [0.05, 0.1) is 11.4 Å². The average molecular weight is 188 g/mol. The summed E-state index contributed by atoms with van der Waals surface area (Å²) in [5, 5.41) is 6.69. The lowest BCUT2D eigenvalue weighted by atomic mass is 10.2. The highest BCUT2D eigenvalue weighted by Gasteiger charge is 2.27. The van der Waals surface area contributed by atoms with Crippen LogP contribution >= 0.6 is 0 Å². The number of nitrogens with zero attached hydrogens (tertiary/aromatic N) is 1. The van der Waals surface area contributed by atoms with E-state index in [1.807, 2.05) is 0 Å². The SMILES string of the molecule is [CH]1Nc2ccccc2N1C1CCNC1. The van der Waals surface area contributed by atoms with E-state index in [2.05, 4.69) is 46.5 Å². The molecule has 2 aliphatic rings. The molecular weight excluding hydrogens is 174 g/mol. The van der Waals surface area contributed by atoms with Crippen LogP contribution in [0.1, 0.15) is 6.42 Å². The van der Waals surface area contributed by atoms with Crippen LogP contribution in [-0.4, -0.2) is 19.1 Å². The number of fused-ring (bicyclic) bond motifs is 1. The summed E-state index contributed by atoms with van der Waals surface area (Å²) in [5.74, 6) is 0.